The van der Waals surface area contributed by atoms with E-state index in [2.05, 4.69) is 41.6 Å². The van der Waals surface area contributed by atoms with Gasteiger partial charge in [0.15, 0.2) is 0 Å². The lowest BCUT2D eigenvalue weighted by molar-refractivity contribution is 0.188. The zero-order valence-corrected chi connectivity index (χ0v) is 12.6. The molecule has 108 valence electrons. The fraction of sp³-hybridized carbons (Fsp3) is 0.800. The maximum Gasteiger partial charge on any atom is 0.0625 e. The minimum atomic E-state index is 0.648. The van der Waals surface area contributed by atoms with E-state index >= 15 is 0 Å². The second-order valence-electron chi connectivity index (χ2n) is 5.71. The van der Waals surface area contributed by atoms with Gasteiger partial charge in [-0.2, -0.15) is 5.10 Å². The Balaban J connectivity index is 2.05. The zero-order chi connectivity index (χ0) is 13.8. The molecule has 1 aliphatic carbocycles. The van der Waals surface area contributed by atoms with Crippen LogP contribution in [-0.4, -0.2) is 34.3 Å². The van der Waals surface area contributed by atoms with Crippen LogP contribution in [0.3, 0.4) is 0 Å². The molecule has 0 spiro atoms. The number of hydrogen-bond donors (Lipinski definition) is 1. The molecular weight excluding hydrogens is 236 g/mol. The summed E-state index contributed by atoms with van der Waals surface area (Å²) >= 11 is 0. The van der Waals surface area contributed by atoms with E-state index in [4.69, 9.17) is 5.73 Å². The summed E-state index contributed by atoms with van der Waals surface area (Å²) in [6, 6.07) is 2.90. The molecule has 1 aliphatic rings. The van der Waals surface area contributed by atoms with Crippen LogP contribution in [0.2, 0.25) is 0 Å². The van der Waals surface area contributed by atoms with Gasteiger partial charge >= 0.3 is 0 Å². The molecule has 1 heterocycles. The molecule has 0 aromatic carbocycles. The molecule has 0 amide bonds. The molecule has 0 aliphatic heterocycles. The molecular formula is C15H28N4. The summed E-state index contributed by atoms with van der Waals surface area (Å²) in [6.45, 7) is 7.09. The number of rotatable bonds is 6. The van der Waals surface area contributed by atoms with E-state index in [0.717, 1.165) is 26.1 Å². The highest BCUT2D eigenvalue weighted by Crippen LogP contribution is 2.29. The van der Waals surface area contributed by atoms with E-state index in [1.54, 1.807) is 0 Å². The average Bonchev–Trinajstić information content (AvgIpc) is 3.04. The monoisotopic (exact) mass is 264 g/mol. The van der Waals surface area contributed by atoms with Gasteiger partial charge in [-0.05, 0) is 51.8 Å². The fourth-order valence-electron chi connectivity index (χ4n) is 3.33. The lowest BCUT2D eigenvalue weighted by Crippen LogP contribution is -2.37. The van der Waals surface area contributed by atoms with Crippen molar-refractivity contribution in [1.82, 2.24) is 14.7 Å². The molecule has 2 rings (SSSR count). The SMILES string of the molecule is CCc1cc(CN(C)C2CCCC2CN)n(CC)n1. The summed E-state index contributed by atoms with van der Waals surface area (Å²) in [5.74, 6) is 0.675. The molecule has 0 bridgehead atoms. The van der Waals surface area contributed by atoms with Gasteiger partial charge < -0.3 is 5.73 Å². The lowest BCUT2D eigenvalue weighted by atomic mass is 10.0. The van der Waals surface area contributed by atoms with Crippen LogP contribution in [-0.2, 0) is 19.5 Å². The number of aromatic nitrogens is 2. The van der Waals surface area contributed by atoms with Gasteiger partial charge in [0.2, 0.25) is 0 Å². The van der Waals surface area contributed by atoms with E-state index < -0.39 is 0 Å². The normalized spacial score (nSPS) is 23.4. The summed E-state index contributed by atoms with van der Waals surface area (Å²) in [4.78, 5) is 2.48. The Morgan fingerprint density at radius 2 is 2.21 bits per heavy atom. The van der Waals surface area contributed by atoms with Gasteiger partial charge in [-0.3, -0.25) is 9.58 Å². The predicted octanol–water partition coefficient (Wildman–Crippen LogP) is 2.02. The quantitative estimate of drug-likeness (QED) is 0.855. The highest BCUT2D eigenvalue weighted by Gasteiger charge is 2.29. The van der Waals surface area contributed by atoms with Crippen molar-refractivity contribution in [3.8, 4) is 0 Å². The Bertz CT molecular complexity index is 399. The van der Waals surface area contributed by atoms with E-state index in [-0.39, 0.29) is 0 Å². The number of aryl methyl sites for hydroxylation is 2. The Morgan fingerprint density at radius 3 is 2.84 bits per heavy atom. The molecule has 1 fully saturated rings. The van der Waals surface area contributed by atoms with Crippen molar-refractivity contribution in [3.63, 3.8) is 0 Å². The van der Waals surface area contributed by atoms with E-state index in [0.29, 0.717) is 12.0 Å². The van der Waals surface area contributed by atoms with Gasteiger partial charge in [0.25, 0.3) is 0 Å². The molecule has 1 aromatic rings. The van der Waals surface area contributed by atoms with Crippen molar-refractivity contribution in [2.24, 2.45) is 11.7 Å². The summed E-state index contributed by atoms with van der Waals surface area (Å²) in [5.41, 5.74) is 8.43. The van der Waals surface area contributed by atoms with Crippen LogP contribution in [0.25, 0.3) is 0 Å². The largest absolute Gasteiger partial charge is 0.330 e. The summed E-state index contributed by atoms with van der Waals surface area (Å²) in [5, 5.41) is 4.63. The first-order valence-electron chi connectivity index (χ1n) is 7.65. The minimum Gasteiger partial charge on any atom is -0.330 e. The van der Waals surface area contributed by atoms with Crippen LogP contribution in [0.1, 0.15) is 44.5 Å². The first-order valence-corrected chi connectivity index (χ1v) is 7.65. The minimum absolute atomic E-state index is 0.648. The van der Waals surface area contributed by atoms with Crippen molar-refractivity contribution in [2.45, 2.75) is 58.7 Å². The van der Waals surface area contributed by atoms with Crippen LogP contribution < -0.4 is 5.73 Å². The van der Waals surface area contributed by atoms with Crippen molar-refractivity contribution in [2.75, 3.05) is 13.6 Å². The Kier molecular flexibility index (Phi) is 4.99. The Morgan fingerprint density at radius 1 is 1.42 bits per heavy atom. The highest BCUT2D eigenvalue weighted by atomic mass is 15.3. The Hall–Kier alpha value is -0.870. The highest BCUT2D eigenvalue weighted by molar-refractivity contribution is 5.10. The summed E-state index contributed by atoms with van der Waals surface area (Å²) in [6.07, 6.45) is 4.92. The first-order chi connectivity index (χ1) is 9.19. The van der Waals surface area contributed by atoms with Gasteiger partial charge in [-0.1, -0.05) is 13.3 Å². The van der Waals surface area contributed by atoms with Crippen LogP contribution in [0, 0.1) is 5.92 Å². The van der Waals surface area contributed by atoms with Crippen LogP contribution in [0.4, 0.5) is 0 Å². The molecule has 0 saturated heterocycles. The van der Waals surface area contributed by atoms with Crippen molar-refractivity contribution >= 4 is 0 Å². The number of hydrogen-bond acceptors (Lipinski definition) is 3. The van der Waals surface area contributed by atoms with Crippen LogP contribution in [0.5, 0.6) is 0 Å². The van der Waals surface area contributed by atoms with E-state index in [9.17, 15) is 0 Å². The van der Waals surface area contributed by atoms with Crippen LogP contribution in [0.15, 0.2) is 6.07 Å². The zero-order valence-electron chi connectivity index (χ0n) is 12.6. The fourth-order valence-corrected chi connectivity index (χ4v) is 3.33. The number of nitrogens with two attached hydrogens (primary N) is 1. The Labute approximate surface area is 117 Å². The molecule has 2 atom stereocenters. The van der Waals surface area contributed by atoms with Crippen molar-refractivity contribution < 1.29 is 0 Å². The van der Waals surface area contributed by atoms with Gasteiger partial charge in [0, 0.05) is 19.1 Å². The van der Waals surface area contributed by atoms with Gasteiger partial charge in [0.1, 0.15) is 0 Å². The maximum atomic E-state index is 5.89. The molecule has 1 aromatic heterocycles. The average molecular weight is 264 g/mol. The van der Waals surface area contributed by atoms with Crippen molar-refractivity contribution in [1.29, 1.82) is 0 Å². The van der Waals surface area contributed by atoms with Crippen molar-refractivity contribution in [3.05, 3.63) is 17.5 Å². The van der Waals surface area contributed by atoms with E-state index in [1.165, 1.54) is 30.7 Å². The molecule has 4 nitrogen and oxygen atoms in total. The molecule has 4 heteroatoms. The molecule has 2 N–H and O–H groups in total. The second kappa shape index (κ2) is 6.53. The topological polar surface area (TPSA) is 47.1 Å². The lowest BCUT2D eigenvalue weighted by Gasteiger charge is -2.29. The van der Waals surface area contributed by atoms with Crippen LogP contribution >= 0.6 is 0 Å². The second-order valence-corrected chi connectivity index (χ2v) is 5.71. The van der Waals surface area contributed by atoms with Gasteiger partial charge in [-0.15, -0.1) is 0 Å². The molecule has 2 unspecified atom stereocenters. The first kappa shape index (κ1) is 14.5. The smallest absolute Gasteiger partial charge is 0.0625 e. The third-order valence-corrected chi connectivity index (χ3v) is 4.47. The van der Waals surface area contributed by atoms with E-state index in [1.807, 2.05) is 0 Å². The maximum absolute atomic E-state index is 5.89. The molecule has 1 saturated carbocycles. The van der Waals surface area contributed by atoms with Gasteiger partial charge in [0.05, 0.1) is 11.4 Å². The third-order valence-electron chi connectivity index (χ3n) is 4.47. The molecule has 0 radical (unpaired) electrons. The standard InChI is InChI=1S/C15H28N4/c1-4-13-9-14(19(5-2)17-13)11-18(3)15-8-6-7-12(15)10-16/h9,12,15H,4-8,10-11,16H2,1-3H3. The molecule has 19 heavy (non-hydrogen) atoms. The third kappa shape index (κ3) is 3.18. The number of nitrogens with zero attached hydrogens (tertiary/aromatic N) is 3. The summed E-state index contributed by atoms with van der Waals surface area (Å²) in [7, 11) is 2.23. The predicted molar refractivity (Wildman–Crippen MR) is 78.9 cm³/mol. The van der Waals surface area contributed by atoms with Gasteiger partial charge in [-0.25, -0.2) is 0 Å². The summed E-state index contributed by atoms with van der Waals surface area (Å²) < 4.78 is 2.14.